The molecule has 1 heterocycles. The Bertz CT molecular complexity index is 1550. The monoisotopic (exact) mass is 544 g/mol. The number of nitrogens with two attached hydrogens (primary N) is 1. The first-order valence-corrected chi connectivity index (χ1v) is 13.7. The summed E-state index contributed by atoms with van der Waals surface area (Å²) in [6, 6.07) is 31.9. The van der Waals surface area contributed by atoms with E-state index in [1.807, 2.05) is 79.7 Å². The number of ether oxygens (including phenoxy) is 2. The second-order valence-electron chi connectivity index (χ2n) is 10.6. The third kappa shape index (κ3) is 6.79. The Morgan fingerprint density at radius 3 is 1.73 bits per heavy atom. The molecule has 1 aliphatic heterocycles. The normalized spacial score (nSPS) is 15.1. The summed E-state index contributed by atoms with van der Waals surface area (Å²) < 4.78 is 12.1. The Morgan fingerprint density at radius 1 is 0.780 bits per heavy atom. The van der Waals surface area contributed by atoms with Gasteiger partial charge in [-0.1, -0.05) is 44.2 Å². The molecular formula is C35H36N4O2. The molecule has 0 saturated carbocycles. The van der Waals surface area contributed by atoms with Crippen LogP contribution in [0.2, 0.25) is 0 Å². The number of nitrogens with one attached hydrogen (secondary N) is 2. The van der Waals surface area contributed by atoms with Crippen molar-refractivity contribution in [2.75, 3.05) is 11.1 Å². The molecule has 0 aromatic heterocycles. The van der Waals surface area contributed by atoms with Crippen molar-refractivity contribution in [3.63, 3.8) is 0 Å². The second kappa shape index (κ2) is 12.0. The second-order valence-corrected chi connectivity index (χ2v) is 10.6. The van der Waals surface area contributed by atoms with Gasteiger partial charge in [-0.3, -0.25) is 4.99 Å². The van der Waals surface area contributed by atoms with E-state index in [0.29, 0.717) is 5.69 Å². The summed E-state index contributed by atoms with van der Waals surface area (Å²) in [5.41, 5.74) is 10.8. The van der Waals surface area contributed by atoms with Gasteiger partial charge in [-0.2, -0.15) is 0 Å². The van der Waals surface area contributed by atoms with Crippen LogP contribution in [0, 0.1) is 0 Å². The van der Waals surface area contributed by atoms with Gasteiger partial charge in [-0.25, -0.2) is 0 Å². The van der Waals surface area contributed by atoms with Gasteiger partial charge in [-0.05, 0) is 109 Å². The Hall–Kier alpha value is -4.97. The summed E-state index contributed by atoms with van der Waals surface area (Å²) in [6.07, 6.45) is 5.89. The number of aliphatic imine (C=N–C) groups is 1. The molecule has 0 aliphatic carbocycles. The minimum Gasteiger partial charge on any atom is -0.457 e. The average Bonchev–Trinajstić information content (AvgIpc) is 2.99. The molecule has 0 amide bonds. The Morgan fingerprint density at radius 2 is 1.24 bits per heavy atom. The molecule has 208 valence electrons. The van der Waals surface area contributed by atoms with Gasteiger partial charge in [0.2, 0.25) is 0 Å². The highest BCUT2D eigenvalue weighted by Crippen LogP contribution is 2.35. The number of rotatable bonds is 9. The van der Waals surface area contributed by atoms with Gasteiger partial charge in [0.1, 0.15) is 28.8 Å². The van der Waals surface area contributed by atoms with Crippen molar-refractivity contribution in [1.82, 2.24) is 5.32 Å². The first-order valence-electron chi connectivity index (χ1n) is 13.7. The van der Waals surface area contributed by atoms with E-state index in [1.54, 1.807) is 6.34 Å². The van der Waals surface area contributed by atoms with E-state index in [0.717, 1.165) is 34.5 Å². The van der Waals surface area contributed by atoms with Crippen molar-refractivity contribution in [1.29, 1.82) is 0 Å². The lowest BCUT2D eigenvalue weighted by atomic mass is 9.78. The number of benzene rings is 4. The van der Waals surface area contributed by atoms with Crippen LogP contribution < -0.4 is 25.8 Å². The minimum absolute atomic E-state index is 0.0491. The zero-order valence-electron chi connectivity index (χ0n) is 23.9. The van der Waals surface area contributed by atoms with Crippen LogP contribution in [0.25, 0.3) is 0 Å². The van der Waals surface area contributed by atoms with Crippen LogP contribution >= 0.6 is 0 Å². The molecule has 0 saturated heterocycles. The molecule has 1 aliphatic rings. The Kier molecular flexibility index (Phi) is 8.11. The maximum atomic E-state index is 6.13. The third-order valence-corrected chi connectivity index (χ3v) is 7.34. The van der Waals surface area contributed by atoms with E-state index >= 15 is 0 Å². The van der Waals surface area contributed by atoms with Crippen LogP contribution in [0.15, 0.2) is 126 Å². The zero-order valence-corrected chi connectivity index (χ0v) is 23.9. The van der Waals surface area contributed by atoms with Crippen LogP contribution in [0.4, 0.5) is 11.4 Å². The largest absolute Gasteiger partial charge is 0.457 e. The van der Waals surface area contributed by atoms with E-state index < -0.39 is 0 Å². The molecule has 0 fully saturated rings. The highest BCUT2D eigenvalue weighted by molar-refractivity contribution is 5.64. The van der Waals surface area contributed by atoms with Crippen molar-refractivity contribution in [3.05, 3.63) is 132 Å². The first-order chi connectivity index (χ1) is 19.8. The van der Waals surface area contributed by atoms with Crippen LogP contribution in [0.5, 0.6) is 23.0 Å². The predicted molar refractivity (Wildman–Crippen MR) is 169 cm³/mol. The molecule has 4 N–H and O–H groups in total. The summed E-state index contributed by atoms with van der Waals surface area (Å²) in [6.45, 7) is 8.54. The van der Waals surface area contributed by atoms with E-state index in [9.17, 15) is 0 Å². The predicted octanol–water partition coefficient (Wildman–Crippen LogP) is 8.40. The van der Waals surface area contributed by atoms with Gasteiger partial charge in [0.25, 0.3) is 0 Å². The van der Waals surface area contributed by atoms with Gasteiger partial charge >= 0.3 is 0 Å². The van der Waals surface area contributed by atoms with E-state index in [4.69, 9.17) is 15.2 Å². The number of hydrogen-bond donors (Lipinski definition) is 3. The fourth-order valence-electron chi connectivity index (χ4n) is 4.55. The fourth-order valence-corrected chi connectivity index (χ4v) is 4.55. The fraction of sp³-hybridized carbons (Fsp3) is 0.171. The molecule has 1 atom stereocenters. The van der Waals surface area contributed by atoms with Crippen molar-refractivity contribution in [2.24, 2.45) is 4.99 Å². The van der Waals surface area contributed by atoms with Crippen molar-refractivity contribution < 1.29 is 9.47 Å². The van der Waals surface area contributed by atoms with E-state index in [-0.39, 0.29) is 11.5 Å². The highest BCUT2D eigenvalue weighted by Gasteiger charge is 2.23. The van der Waals surface area contributed by atoms with Gasteiger partial charge in [0.15, 0.2) is 0 Å². The summed E-state index contributed by atoms with van der Waals surface area (Å²) in [7, 11) is 0. The lowest BCUT2D eigenvalue weighted by molar-refractivity contribution is 0.481. The number of nitrogen functional groups attached to an aromatic ring is 1. The SMILES string of the molecule is CC=C(C)C1C=C(Nc2ccc(Oc3ccc(C(C)(C)c4ccc(Oc5ccc(N)cc5)cc4)cc3)cc2)NC=N1. The first kappa shape index (κ1) is 27.6. The van der Waals surface area contributed by atoms with Gasteiger partial charge < -0.3 is 25.8 Å². The molecule has 6 nitrogen and oxygen atoms in total. The van der Waals surface area contributed by atoms with E-state index in [2.05, 4.69) is 72.8 Å². The van der Waals surface area contributed by atoms with Crippen molar-refractivity contribution in [3.8, 4) is 23.0 Å². The topological polar surface area (TPSA) is 80.9 Å². The summed E-state index contributed by atoms with van der Waals surface area (Å²) in [4.78, 5) is 4.46. The number of allylic oxidation sites excluding steroid dienone is 1. The Balaban J connectivity index is 1.19. The summed E-state index contributed by atoms with van der Waals surface area (Å²) in [5, 5.41) is 6.57. The van der Waals surface area contributed by atoms with Crippen LogP contribution in [0.1, 0.15) is 38.8 Å². The summed E-state index contributed by atoms with van der Waals surface area (Å²) in [5.74, 6) is 4.01. The molecule has 5 rings (SSSR count). The smallest absolute Gasteiger partial charge is 0.127 e. The maximum Gasteiger partial charge on any atom is 0.127 e. The molecule has 0 spiro atoms. The van der Waals surface area contributed by atoms with E-state index in [1.165, 1.54) is 16.7 Å². The van der Waals surface area contributed by atoms with Crippen LogP contribution in [-0.4, -0.2) is 12.4 Å². The number of hydrogen-bond acceptors (Lipinski definition) is 6. The van der Waals surface area contributed by atoms with Gasteiger partial charge in [-0.15, -0.1) is 0 Å². The maximum absolute atomic E-state index is 6.13. The number of nitrogens with zero attached hydrogens (tertiary/aromatic N) is 1. The lowest BCUT2D eigenvalue weighted by Crippen LogP contribution is -2.25. The standard InChI is InChI=1S/C35H36N4O2/c1-5-24(2)33-22-34(38-23-37-33)39-28-12-20-32(21-13-28)41-30-16-8-26(9-17-30)35(3,4)25-6-14-29(15-7-25)40-31-18-10-27(36)11-19-31/h5-23,33,39H,36H2,1-4H3,(H,37,38). The minimum atomic E-state index is -0.192. The van der Waals surface area contributed by atoms with Crippen molar-refractivity contribution in [2.45, 2.75) is 39.2 Å². The average molecular weight is 545 g/mol. The van der Waals surface area contributed by atoms with Gasteiger partial charge in [0.05, 0.1) is 12.4 Å². The molecular weight excluding hydrogens is 508 g/mol. The van der Waals surface area contributed by atoms with Crippen LogP contribution in [0.3, 0.4) is 0 Å². The van der Waals surface area contributed by atoms with Crippen molar-refractivity contribution >= 4 is 17.7 Å². The Labute approximate surface area is 242 Å². The quantitative estimate of drug-likeness (QED) is 0.146. The molecule has 0 bridgehead atoms. The molecule has 1 unspecified atom stereocenters. The molecule has 0 radical (unpaired) electrons. The summed E-state index contributed by atoms with van der Waals surface area (Å²) >= 11 is 0. The zero-order chi connectivity index (χ0) is 28.8. The van der Waals surface area contributed by atoms with Gasteiger partial charge in [0, 0.05) is 16.8 Å². The highest BCUT2D eigenvalue weighted by atomic mass is 16.5. The molecule has 4 aromatic rings. The molecule has 41 heavy (non-hydrogen) atoms. The molecule has 6 heteroatoms. The number of anilines is 2. The molecule has 4 aromatic carbocycles. The van der Waals surface area contributed by atoms with Crippen LogP contribution in [-0.2, 0) is 5.41 Å². The third-order valence-electron chi connectivity index (χ3n) is 7.34. The lowest BCUT2D eigenvalue weighted by Gasteiger charge is -2.26.